The number of hydrogen-bond acceptors (Lipinski definition) is 0. The third kappa shape index (κ3) is 4.60. The lowest BCUT2D eigenvalue weighted by Crippen LogP contribution is -2.10. The molecule has 0 spiro atoms. The highest BCUT2D eigenvalue weighted by Crippen LogP contribution is 2.29. The Balaban J connectivity index is 3.74. The third-order valence-electron chi connectivity index (χ3n) is 1.71. The smallest absolute Gasteiger partial charge is 0.0274 e. The summed E-state index contributed by atoms with van der Waals surface area (Å²) in [6, 6.07) is 0. The Morgan fingerprint density at radius 3 is 2.20 bits per heavy atom. The second-order valence-electron chi connectivity index (χ2n) is 4.05. The topological polar surface area (TPSA) is 0 Å². The Bertz CT molecular complexity index is 109. The molecule has 0 aliphatic heterocycles. The molecule has 0 nitrogen and oxygen atoms in total. The maximum atomic E-state index is 3.92. The maximum Gasteiger partial charge on any atom is -0.0274 e. The fourth-order valence-electron chi connectivity index (χ4n) is 1.58. The molecule has 0 heteroatoms. The van der Waals surface area contributed by atoms with E-state index >= 15 is 0 Å². The van der Waals surface area contributed by atoms with Gasteiger partial charge in [0.2, 0.25) is 0 Å². The predicted octanol–water partition coefficient (Wildman–Crippen LogP) is 3.78. The zero-order valence-electron chi connectivity index (χ0n) is 7.83. The Kier molecular flexibility index (Phi) is 3.70. The van der Waals surface area contributed by atoms with Crippen molar-refractivity contribution in [3.63, 3.8) is 0 Å². The second-order valence-corrected chi connectivity index (χ2v) is 4.05. The fraction of sp³-hybridized carbons (Fsp3) is 0.800. The zero-order chi connectivity index (χ0) is 8.20. The molecule has 0 saturated carbocycles. The molecule has 0 aromatic heterocycles. The van der Waals surface area contributed by atoms with Gasteiger partial charge in [-0.15, -0.1) is 6.58 Å². The van der Waals surface area contributed by atoms with Crippen molar-refractivity contribution in [1.82, 2.24) is 0 Å². The quantitative estimate of drug-likeness (QED) is 0.521. The monoisotopic (exact) mass is 140 g/mol. The van der Waals surface area contributed by atoms with Crippen molar-refractivity contribution in [2.75, 3.05) is 0 Å². The lowest BCUT2D eigenvalue weighted by molar-refractivity contribution is 0.328. The first-order valence-electron chi connectivity index (χ1n) is 4.12. The first kappa shape index (κ1) is 9.74. The molecule has 0 aromatic rings. The Morgan fingerprint density at radius 2 is 1.90 bits per heavy atom. The summed E-state index contributed by atoms with van der Waals surface area (Å²) in [6.45, 7) is 12.9. The lowest BCUT2D eigenvalue weighted by atomic mass is 9.82. The summed E-state index contributed by atoms with van der Waals surface area (Å²) in [5.41, 5.74) is 1.78. The van der Waals surface area contributed by atoms with Gasteiger partial charge in [0.05, 0.1) is 0 Å². The van der Waals surface area contributed by atoms with Crippen molar-refractivity contribution in [3.05, 3.63) is 12.2 Å². The van der Waals surface area contributed by atoms with Gasteiger partial charge < -0.3 is 0 Å². The molecular formula is C10H20. The molecular weight excluding hydrogens is 120 g/mol. The van der Waals surface area contributed by atoms with E-state index in [9.17, 15) is 0 Å². The van der Waals surface area contributed by atoms with Crippen molar-refractivity contribution < 1.29 is 0 Å². The minimum absolute atomic E-state index is 0.473. The summed E-state index contributed by atoms with van der Waals surface area (Å²) >= 11 is 0. The van der Waals surface area contributed by atoms with Gasteiger partial charge in [-0.1, -0.05) is 32.8 Å². The van der Waals surface area contributed by atoms with E-state index in [-0.39, 0.29) is 0 Å². The first-order chi connectivity index (χ1) is 4.48. The molecule has 0 aromatic carbocycles. The van der Waals surface area contributed by atoms with Gasteiger partial charge in [0.15, 0.2) is 0 Å². The lowest BCUT2D eigenvalue weighted by Gasteiger charge is -2.23. The fourth-order valence-corrected chi connectivity index (χ4v) is 1.58. The maximum absolute atomic E-state index is 3.92. The average molecular weight is 140 g/mol. The van der Waals surface area contributed by atoms with E-state index in [1.165, 1.54) is 24.8 Å². The van der Waals surface area contributed by atoms with Crippen LogP contribution in [0.15, 0.2) is 12.2 Å². The summed E-state index contributed by atoms with van der Waals surface area (Å²) < 4.78 is 0. The summed E-state index contributed by atoms with van der Waals surface area (Å²) in [5.74, 6) is 0. The highest BCUT2D eigenvalue weighted by molar-refractivity contribution is 4.93. The number of allylic oxidation sites excluding steroid dienone is 1. The largest absolute Gasteiger partial charge is 0.100 e. The van der Waals surface area contributed by atoms with Gasteiger partial charge in [0.25, 0.3) is 0 Å². The van der Waals surface area contributed by atoms with Crippen LogP contribution in [0.1, 0.15) is 47.0 Å². The van der Waals surface area contributed by atoms with Crippen molar-refractivity contribution >= 4 is 0 Å². The van der Waals surface area contributed by atoms with Crippen molar-refractivity contribution in [2.45, 2.75) is 47.0 Å². The molecule has 0 fully saturated rings. The molecule has 0 amide bonds. The van der Waals surface area contributed by atoms with Crippen LogP contribution in [0.25, 0.3) is 0 Å². The van der Waals surface area contributed by atoms with Crippen LogP contribution in [0.5, 0.6) is 0 Å². The molecule has 0 radical (unpaired) electrons. The van der Waals surface area contributed by atoms with E-state index in [4.69, 9.17) is 0 Å². The van der Waals surface area contributed by atoms with Crippen LogP contribution in [0.2, 0.25) is 0 Å². The molecule has 10 heavy (non-hydrogen) atoms. The highest BCUT2D eigenvalue weighted by atomic mass is 14.2. The van der Waals surface area contributed by atoms with Gasteiger partial charge in [-0.05, 0) is 25.2 Å². The van der Waals surface area contributed by atoms with E-state index < -0.39 is 0 Å². The normalized spacial score (nSPS) is 11.6. The van der Waals surface area contributed by atoms with E-state index in [1.807, 2.05) is 0 Å². The molecule has 0 bridgehead atoms. The van der Waals surface area contributed by atoms with Crippen LogP contribution >= 0.6 is 0 Å². The van der Waals surface area contributed by atoms with E-state index in [0.717, 1.165) is 0 Å². The van der Waals surface area contributed by atoms with Gasteiger partial charge in [0.1, 0.15) is 0 Å². The summed E-state index contributed by atoms with van der Waals surface area (Å²) in [5, 5.41) is 0. The van der Waals surface area contributed by atoms with Crippen LogP contribution < -0.4 is 0 Å². The van der Waals surface area contributed by atoms with Gasteiger partial charge in [-0.2, -0.15) is 0 Å². The summed E-state index contributed by atoms with van der Waals surface area (Å²) in [4.78, 5) is 0. The van der Waals surface area contributed by atoms with Crippen LogP contribution in [0.3, 0.4) is 0 Å². The second kappa shape index (κ2) is 3.80. The Labute approximate surface area is 65.3 Å². The van der Waals surface area contributed by atoms with Gasteiger partial charge >= 0.3 is 0 Å². The average Bonchev–Trinajstić information content (AvgIpc) is 1.59. The predicted molar refractivity (Wildman–Crippen MR) is 48.1 cm³/mol. The highest BCUT2D eigenvalue weighted by Gasteiger charge is 2.15. The van der Waals surface area contributed by atoms with Crippen molar-refractivity contribution in [2.24, 2.45) is 5.41 Å². The van der Waals surface area contributed by atoms with Gasteiger partial charge in [-0.3, -0.25) is 0 Å². The van der Waals surface area contributed by atoms with Crippen LogP contribution in [0.4, 0.5) is 0 Å². The standard InChI is InChI=1S/C10H20/c1-6-7-10(4,5)8-9(2)3/h2,6-8H2,1,3-5H3. The number of rotatable bonds is 4. The molecule has 0 atom stereocenters. The Hall–Kier alpha value is -0.260. The summed E-state index contributed by atoms with van der Waals surface area (Å²) in [6.07, 6.45) is 3.75. The first-order valence-corrected chi connectivity index (χ1v) is 4.12. The van der Waals surface area contributed by atoms with Gasteiger partial charge in [-0.25, -0.2) is 0 Å². The molecule has 0 heterocycles. The molecule has 0 unspecified atom stereocenters. The van der Waals surface area contributed by atoms with Crippen LogP contribution in [-0.4, -0.2) is 0 Å². The van der Waals surface area contributed by atoms with Crippen molar-refractivity contribution in [3.8, 4) is 0 Å². The minimum atomic E-state index is 0.473. The van der Waals surface area contributed by atoms with Gasteiger partial charge in [0, 0.05) is 0 Å². The van der Waals surface area contributed by atoms with Crippen molar-refractivity contribution in [1.29, 1.82) is 0 Å². The molecule has 0 aliphatic rings. The SMILES string of the molecule is C=C(C)CC(C)(C)CCC. The zero-order valence-corrected chi connectivity index (χ0v) is 7.83. The summed E-state index contributed by atoms with van der Waals surface area (Å²) in [7, 11) is 0. The van der Waals surface area contributed by atoms with E-state index in [2.05, 4.69) is 34.3 Å². The van der Waals surface area contributed by atoms with Crippen LogP contribution in [-0.2, 0) is 0 Å². The van der Waals surface area contributed by atoms with E-state index in [1.54, 1.807) is 0 Å². The number of hydrogen-bond donors (Lipinski definition) is 0. The Morgan fingerprint density at radius 1 is 1.40 bits per heavy atom. The molecule has 60 valence electrons. The minimum Gasteiger partial charge on any atom is -0.100 e. The van der Waals surface area contributed by atoms with E-state index in [0.29, 0.717) is 5.41 Å². The molecule has 0 N–H and O–H groups in total. The molecule has 0 rings (SSSR count). The molecule has 0 saturated heterocycles. The molecule has 0 aliphatic carbocycles. The van der Waals surface area contributed by atoms with Crippen LogP contribution in [0, 0.1) is 5.41 Å². The third-order valence-corrected chi connectivity index (χ3v) is 1.71.